The van der Waals surface area contributed by atoms with Crippen LogP contribution in [0.4, 0.5) is 4.39 Å². The fourth-order valence-corrected chi connectivity index (χ4v) is 7.17. The van der Waals surface area contributed by atoms with Gasteiger partial charge in [-0.05, 0) is 56.9 Å². The first-order valence-corrected chi connectivity index (χ1v) is 13.5. The summed E-state index contributed by atoms with van der Waals surface area (Å²) in [7, 11) is 0. The maximum atomic E-state index is 13.8. The van der Waals surface area contributed by atoms with E-state index in [9.17, 15) is 24.8 Å². The van der Waals surface area contributed by atoms with Crippen LogP contribution in [0.25, 0.3) is 16.6 Å². The van der Waals surface area contributed by atoms with Gasteiger partial charge in [0.1, 0.15) is 24.6 Å². The minimum Gasteiger partial charge on any atom is -0.387 e. The molecule has 196 valence electrons. The fraction of sp³-hybridized carbons (Fsp3) is 0.321. The Labute approximate surface area is 228 Å². The monoisotopic (exact) mass is 541 g/mol. The summed E-state index contributed by atoms with van der Waals surface area (Å²) in [6, 6.07) is 10.6. The number of carbonyl (C=O) groups is 1. The van der Waals surface area contributed by atoms with Crippen molar-refractivity contribution in [2.75, 3.05) is 6.61 Å². The lowest BCUT2D eigenvalue weighted by Gasteiger charge is -2.39. The summed E-state index contributed by atoms with van der Waals surface area (Å²) in [4.78, 5) is 15.4. The van der Waals surface area contributed by atoms with E-state index in [4.69, 9.17) is 5.10 Å². The molecule has 4 aromatic rings. The van der Waals surface area contributed by atoms with Gasteiger partial charge in [-0.15, -0.1) is 0 Å². The van der Waals surface area contributed by atoms with Crippen molar-refractivity contribution in [3.05, 3.63) is 65.5 Å². The number of benzene rings is 1. The molecule has 2 aliphatic rings. The molecular weight excluding hydrogens is 517 g/mol. The Bertz CT molecular complexity index is 1680. The maximum absolute atomic E-state index is 13.8. The highest BCUT2D eigenvalue weighted by Gasteiger charge is 2.44. The highest BCUT2D eigenvalue weighted by Crippen LogP contribution is 2.42. The molecule has 0 radical (unpaired) electrons. The van der Waals surface area contributed by atoms with Crippen molar-refractivity contribution >= 4 is 23.2 Å². The molecule has 0 saturated carbocycles. The predicted molar refractivity (Wildman–Crippen MR) is 140 cm³/mol. The molecule has 2 fully saturated rings. The van der Waals surface area contributed by atoms with Gasteiger partial charge in [-0.2, -0.15) is 20.7 Å². The summed E-state index contributed by atoms with van der Waals surface area (Å²) in [5.41, 5.74) is 3.96. The average molecular weight is 542 g/mol. The Balaban J connectivity index is 1.37. The third-order valence-electron chi connectivity index (χ3n) is 7.81. The molecule has 2 saturated heterocycles. The number of pyridine rings is 1. The summed E-state index contributed by atoms with van der Waals surface area (Å²) in [6.45, 7) is 1.56. The van der Waals surface area contributed by atoms with Gasteiger partial charge in [0.15, 0.2) is 0 Å². The van der Waals surface area contributed by atoms with Crippen LogP contribution < -0.4 is 0 Å². The van der Waals surface area contributed by atoms with Gasteiger partial charge in [0.05, 0.1) is 35.1 Å². The molecule has 1 aromatic carbocycles. The van der Waals surface area contributed by atoms with E-state index in [1.807, 2.05) is 41.0 Å². The van der Waals surface area contributed by atoms with Gasteiger partial charge < -0.3 is 10.0 Å². The minimum absolute atomic E-state index is 0.110. The molecule has 2 unspecified atom stereocenters. The van der Waals surface area contributed by atoms with Crippen LogP contribution in [0, 0.1) is 35.4 Å². The number of nitrogens with zero attached hydrogens (tertiary/aromatic N) is 7. The van der Waals surface area contributed by atoms with Crippen LogP contribution in [-0.2, 0) is 4.79 Å². The Morgan fingerprint density at radius 3 is 2.51 bits per heavy atom. The first kappa shape index (κ1) is 25.1. The molecule has 0 aliphatic carbocycles. The van der Waals surface area contributed by atoms with Crippen LogP contribution in [0.15, 0.2) is 52.6 Å². The molecule has 2 bridgehead atoms. The van der Waals surface area contributed by atoms with E-state index in [0.717, 1.165) is 42.5 Å². The van der Waals surface area contributed by atoms with Crippen LogP contribution in [0.5, 0.6) is 0 Å². The topological polar surface area (TPSA) is 123 Å². The second kappa shape index (κ2) is 9.84. The van der Waals surface area contributed by atoms with E-state index in [0.29, 0.717) is 20.9 Å². The predicted octanol–water partition coefficient (Wildman–Crippen LogP) is 4.23. The van der Waals surface area contributed by atoms with Gasteiger partial charge in [-0.1, -0.05) is 11.8 Å². The van der Waals surface area contributed by atoms with Crippen molar-refractivity contribution < 1.29 is 14.3 Å². The largest absolute Gasteiger partial charge is 0.387 e. The number of amides is 1. The lowest BCUT2D eigenvalue weighted by atomic mass is 9.96. The minimum atomic E-state index is -0.486. The molecule has 2 aliphatic heterocycles. The number of piperidine rings is 1. The van der Waals surface area contributed by atoms with Crippen molar-refractivity contribution in [2.24, 2.45) is 0 Å². The van der Waals surface area contributed by atoms with E-state index < -0.39 is 12.4 Å². The van der Waals surface area contributed by atoms with Crippen LogP contribution in [-0.4, -0.2) is 54.0 Å². The first-order chi connectivity index (χ1) is 18.9. The Morgan fingerprint density at radius 1 is 1.08 bits per heavy atom. The molecule has 9 nitrogen and oxygen atoms in total. The number of aliphatic hydroxyl groups is 1. The third-order valence-corrected chi connectivity index (χ3v) is 8.92. The fourth-order valence-electron chi connectivity index (χ4n) is 6.10. The number of aliphatic hydroxyl groups excluding tert-OH is 1. The molecule has 39 heavy (non-hydrogen) atoms. The van der Waals surface area contributed by atoms with Crippen molar-refractivity contribution in [1.29, 1.82) is 10.5 Å². The zero-order valence-corrected chi connectivity index (χ0v) is 21.9. The molecule has 3 aromatic heterocycles. The molecule has 11 heteroatoms. The third kappa shape index (κ3) is 4.24. The average Bonchev–Trinajstić information content (AvgIpc) is 3.62. The molecule has 3 atom stereocenters. The van der Waals surface area contributed by atoms with E-state index in [2.05, 4.69) is 11.2 Å². The highest BCUT2D eigenvalue weighted by molar-refractivity contribution is 7.99. The molecule has 0 spiro atoms. The van der Waals surface area contributed by atoms with Gasteiger partial charge in [-0.3, -0.25) is 9.48 Å². The summed E-state index contributed by atoms with van der Waals surface area (Å²) < 4.78 is 17.4. The van der Waals surface area contributed by atoms with Crippen molar-refractivity contribution in [1.82, 2.24) is 24.3 Å². The zero-order valence-electron chi connectivity index (χ0n) is 21.1. The lowest BCUT2D eigenvalue weighted by Crippen LogP contribution is -2.48. The summed E-state index contributed by atoms with van der Waals surface area (Å²) in [5.74, 6) is -0.686. The molecule has 1 N–H and O–H groups in total. The van der Waals surface area contributed by atoms with Crippen molar-refractivity contribution in [3.63, 3.8) is 0 Å². The molecule has 6 rings (SSSR count). The number of hydrogen-bond donors (Lipinski definition) is 1. The molecular formula is C28H24FN7O2S. The quantitative estimate of drug-likeness (QED) is 0.401. The number of aromatic nitrogens is 4. The number of halogens is 1. The number of hydrogen-bond acceptors (Lipinski definition) is 7. The summed E-state index contributed by atoms with van der Waals surface area (Å²) in [6.07, 6.45) is 8.64. The normalized spacial score (nSPS) is 20.2. The molecule has 1 amide bonds. The van der Waals surface area contributed by atoms with Crippen molar-refractivity contribution in [3.8, 4) is 23.3 Å². The number of nitriles is 2. The van der Waals surface area contributed by atoms with Gasteiger partial charge in [0, 0.05) is 44.9 Å². The van der Waals surface area contributed by atoms with Crippen LogP contribution in [0.3, 0.4) is 0 Å². The number of rotatable bonds is 5. The maximum Gasteiger partial charge on any atom is 0.248 e. The first-order valence-electron chi connectivity index (χ1n) is 12.7. The number of fused-ring (bicyclic) bond motifs is 3. The van der Waals surface area contributed by atoms with E-state index in [1.165, 1.54) is 30.1 Å². The van der Waals surface area contributed by atoms with Crippen LogP contribution in [0.2, 0.25) is 0 Å². The van der Waals surface area contributed by atoms with Crippen molar-refractivity contribution in [2.45, 2.75) is 60.5 Å². The Morgan fingerprint density at radius 2 is 1.82 bits per heavy atom. The van der Waals surface area contributed by atoms with Crippen LogP contribution in [0.1, 0.15) is 48.5 Å². The summed E-state index contributed by atoms with van der Waals surface area (Å²) >= 11 is 1.29. The number of carbonyl (C=O) groups excluding carboxylic acids is 1. The Hall–Kier alpha value is -4.19. The SMILES string of the molecule is Cc1c(-c2cc(Sc3ccc(F)cc3C#N)c3c(C#N)cnn3c2)cnn1C1CC2CC[C@H](C1)N2C(=O)CO. The second-order valence-electron chi connectivity index (χ2n) is 9.97. The smallest absolute Gasteiger partial charge is 0.248 e. The zero-order chi connectivity index (χ0) is 27.3. The Kier molecular flexibility index (Phi) is 6.34. The van der Waals surface area contributed by atoms with E-state index in [1.54, 1.807) is 10.6 Å². The van der Waals surface area contributed by atoms with E-state index in [-0.39, 0.29) is 29.6 Å². The van der Waals surface area contributed by atoms with Gasteiger partial charge in [0.25, 0.3) is 0 Å². The standard InChI is InChI=1S/C28H24FN7O2S/c1-16-24(13-33-36(16)23-8-21-3-4-22(9-23)35(21)27(38)15-37)18-7-26(28-19(11-31)12-32-34(28)14-18)39-25-5-2-20(29)6-17(25)10-30/h2,5-7,12-14,21-23,37H,3-4,8-9,15H2,1H3/t21-,22?,23?/m1/s1. The summed E-state index contributed by atoms with van der Waals surface area (Å²) in [5, 5.41) is 37.8. The van der Waals surface area contributed by atoms with Gasteiger partial charge in [-0.25, -0.2) is 8.91 Å². The highest BCUT2D eigenvalue weighted by atomic mass is 32.2. The van der Waals surface area contributed by atoms with Crippen LogP contribution >= 0.6 is 11.8 Å². The van der Waals surface area contributed by atoms with Gasteiger partial charge in [0.2, 0.25) is 5.91 Å². The van der Waals surface area contributed by atoms with Gasteiger partial charge >= 0.3 is 0 Å². The molecule has 5 heterocycles. The lowest BCUT2D eigenvalue weighted by molar-refractivity contribution is -0.139. The van der Waals surface area contributed by atoms with E-state index >= 15 is 0 Å². The second-order valence-corrected chi connectivity index (χ2v) is 11.1.